The van der Waals surface area contributed by atoms with Gasteiger partial charge in [-0.3, -0.25) is 0 Å². The van der Waals surface area contributed by atoms with Gasteiger partial charge in [0.1, 0.15) is 0 Å². The van der Waals surface area contributed by atoms with E-state index in [1.165, 1.54) is 51.4 Å². The zero-order valence-electron chi connectivity index (χ0n) is 20.6. The van der Waals surface area contributed by atoms with Crippen molar-refractivity contribution in [2.24, 2.45) is 47.3 Å². The third kappa shape index (κ3) is 9.19. The molecular weight excluding hydrogens is 324 g/mol. The van der Waals surface area contributed by atoms with E-state index in [0.717, 1.165) is 41.4 Å². The molecule has 0 aliphatic heterocycles. The van der Waals surface area contributed by atoms with E-state index >= 15 is 0 Å². The largest absolute Gasteiger partial charge is 0.103 e. The van der Waals surface area contributed by atoms with Gasteiger partial charge in [0.05, 0.1) is 0 Å². The second kappa shape index (κ2) is 14.7. The summed E-state index contributed by atoms with van der Waals surface area (Å²) in [4.78, 5) is 0. The van der Waals surface area contributed by atoms with Gasteiger partial charge in [-0.2, -0.15) is 0 Å². The molecule has 0 amide bonds. The van der Waals surface area contributed by atoms with Gasteiger partial charge in [0, 0.05) is 0 Å². The maximum Gasteiger partial charge on any atom is -0.0211 e. The summed E-state index contributed by atoms with van der Waals surface area (Å²) in [6.07, 6.45) is 13.0. The topological polar surface area (TPSA) is 0 Å². The summed E-state index contributed by atoms with van der Waals surface area (Å²) in [6.45, 7) is 26.1. The lowest BCUT2D eigenvalue weighted by Gasteiger charge is -2.39. The molecule has 162 valence electrons. The van der Waals surface area contributed by atoms with Crippen LogP contribution in [0.2, 0.25) is 0 Å². The number of hydrogen-bond acceptors (Lipinski definition) is 0. The molecule has 0 nitrogen and oxygen atoms in total. The van der Waals surface area contributed by atoms with Gasteiger partial charge >= 0.3 is 0 Å². The van der Waals surface area contributed by atoms with Crippen LogP contribution < -0.4 is 0 Å². The Labute approximate surface area is 174 Å². The quantitative estimate of drug-likeness (QED) is 0.235. The zero-order valence-corrected chi connectivity index (χ0v) is 20.6. The molecule has 0 aromatic heterocycles. The average molecular weight is 379 g/mol. The minimum atomic E-state index is 0.701. The van der Waals surface area contributed by atoms with Crippen LogP contribution in [-0.4, -0.2) is 0 Å². The molecule has 0 aliphatic rings. The maximum atomic E-state index is 4.12. The second-order valence-electron chi connectivity index (χ2n) is 9.93. The van der Waals surface area contributed by atoms with Crippen molar-refractivity contribution in [3.05, 3.63) is 12.7 Å². The van der Waals surface area contributed by atoms with Gasteiger partial charge in [-0.25, -0.2) is 0 Å². The molecule has 0 bridgehead atoms. The van der Waals surface area contributed by atoms with Gasteiger partial charge in [-0.1, -0.05) is 94.1 Å². The Balaban J connectivity index is 5.23. The fourth-order valence-corrected chi connectivity index (χ4v) is 5.22. The van der Waals surface area contributed by atoms with E-state index < -0.39 is 0 Å². The van der Waals surface area contributed by atoms with E-state index in [4.69, 9.17) is 0 Å². The molecule has 0 fully saturated rings. The van der Waals surface area contributed by atoms with E-state index in [1.807, 2.05) is 0 Å². The van der Waals surface area contributed by atoms with Gasteiger partial charge in [0.2, 0.25) is 0 Å². The van der Waals surface area contributed by atoms with E-state index in [0.29, 0.717) is 5.92 Å². The molecule has 0 aromatic rings. The van der Waals surface area contributed by atoms with E-state index in [-0.39, 0.29) is 0 Å². The van der Waals surface area contributed by atoms with Gasteiger partial charge in [0.15, 0.2) is 0 Å². The highest BCUT2D eigenvalue weighted by Crippen LogP contribution is 2.40. The summed E-state index contributed by atoms with van der Waals surface area (Å²) in [5, 5.41) is 0. The summed E-state index contributed by atoms with van der Waals surface area (Å²) < 4.78 is 0. The van der Waals surface area contributed by atoms with Crippen molar-refractivity contribution in [3.63, 3.8) is 0 Å². The van der Waals surface area contributed by atoms with Crippen LogP contribution >= 0.6 is 0 Å². The highest BCUT2D eigenvalue weighted by atomic mass is 14.4. The van der Waals surface area contributed by atoms with Crippen molar-refractivity contribution in [2.75, 3.05) is 0 Å². The molecule has 8 atom stereocenters. The number of allylic oxidation sites excluding steroid dienone is 1. The Kier molecular flexibility index (Phi) is 14.6. The first-order valence-corrected chi connectivity index (χ1v) is 12.4. The highest BCUT2D eigenvalue weighted by molar-refractivity contribution is 4.85. The molecule has 0 rings (SSSR count). The summed E-state index contributed by atoms with van der Waals surface area (Å²) >= 11 is 0. The average Bonchev–Trinajstić information content (AvgIpc) is 2.68. The molecule has 27 heavy (non-hydrogen) atoms. The molecular formula is C27H54. The first-order valence-electron chi connectivity index (χ1n) is 12.4. The van der Waals surface area contributed by atoms with Crippen LogP contribution in [0.15, 0.2) is 12.7 Å². The van der Waals surface area contributed by atoms with Crippen LogP contribution in [0.5, 0.6) is 0 Å². The standard InChI is InChI=1S/C27H54/c1-11-16-25(14-4)22(8)17-18-27(23(9)21(7)13-3)24(10)26(15-5)19-20(6)12-2/h14,20-27H,4,11-13,15-19H2,1-3,5-10H3. The van der Waals surface area contributed by atoms with E-state index in [2.05, 4.69) is 75.0 Å². The maximum absolute atomic E-state index is 4.12. The third-order valence-corrected chi connectivity index (χ3v) is 8.17. The Hall–Kier alpha value is -0.260. The lowest BCUT2D eigenvalue weighted by Crippen LogP contribution is -2.30. The summed E-state index contributed by atoms with van der Waals surface area (Å²) in [5.74, 6) is 6.60. The molecule has 0 heterocycles. The van der Waals surface area contributed by atoms with Gasteiger partial charge < -0.3 is 0 Å². The Morgan fingerprint density at radius 3 is 1.78 bits per heavy atom. The lowest BCUT2D eigenvalue weighted by molar-refractivity contribution is 0.110. The van der Waals surface area contributed by atoms with Crippen molar-refractivity contribution in [1.29, 1.82) is 0 Å². The van der Waals surface area contributed by atoms with E-state index in [1.54, 1.807) is 0 Å². The second-order valence-corrected chi connectivity index (χ2v) is 9.93. The van der Waals surface area contributed by atoms with Crippen LogP contribution in [0.3, 0.4) is 0 Å². The summed E-state index contributed by atoms with van der Waals surface area (Å²) in [7, 11) is 0. The predicted molar refractivity (Wildman–Crippen MR) is 126 cm³/mol. The van der Waals surface area contributed by atoms with Gasteiger partial charge in [0.25, 0.3) is 0 Å². The van der Waals surface area contributed by atoms with E-state index in [9.17, 15) is 0 Å². The molecule has 0 saturated carbocycles. The Morgan fingerprint density at radius 2 is 1.33 bits per heavy atom. The SMILES string of the molecule is C=CC(CCC)C(C)CCC(C(C)C(C)CC)C(C)C(CC)CC(C)CC. The minimum absolute atomic E-state index is 0.701. The predicted octanol–water partition coefficient (Wildman–Crippen LogP) is 9.40. The van der Waals surface area contributed by atoms with Crippen molar-refractivity contribution in [2.45, 2.75) is 114 Å². The normalized spacial score (nSPS) is 20.9. The van der Waals surface area contributed by atoms with Crippen LogP contribution in [0.25, 0.3) is 0 Å². The molecule has 0 spiro atoms. The minimum Gasteiger partial charge on any atom is -0.103 e. The van der Waals surface area contributed by atoms with Crippen molar-refractivity contribution < 1.29 is 0 Å². The number of rotatable bonds is 16. The third-order valence-electron chi connectivity index (χ3n) is 8.17. The molecule has 0 N–H and O–H groups in total. The van der Waals surface area contributed by atoms with Gasteiger partial charge in [-0.05, 0) is 73.0 Å². The number of hydrogen-bond donors (Lipinski definition) is 0. The lowest BCUT2D eigenvalue weighted by atomic mass is 9.67. The van der Waals surface area contributed by atoms with Crippen molar-refractivity contribution >= 4 is 0 Å². The fraction of sp³-hybridized carbons (Fsp3) is 0.926. The fourth-order valence-electron chi connectivity index (χ4n) is 5.22. The first kappa shape index (κ1) is 26.7. The monoisotopic (exact) mass is 378 g/mol. The molecule has 0 aromatic carbocycles. The first-order chi connectivity index (χ1) is 12.8. The van der Waals surface area contributed by atoms with Crippen LogP contribution in [0.1, 0.15) is 114 Å². The zero-order chi connectivity index (χ0) is 21.0. The van der Waals surface area contributed by atoms with Crippen LogP contribution in [0, 0.1) is 47.3 Å². The van der Waals surface area contributed by atoms with Gasteiger partial charge in [-0.15, -0.1) is 6.58 Å². The molecule has 0 heteroatoms. The summed E-state index contributed by atoms with van der Waals surface area (Å²) in [5.41, 5.74) is 0. The molecule has 0 radical (unpaired) electrons. The summed E-state index contributed by atoms with van der Waals surface area (Å²) in [6, 6.07) is 0. The Morgan fingerprint density at radius 1 is 0.704 bits per heavy atom. The van der Waals surface area contributed by atoms with Crippen molar-refractivity contribution in [3.8, 4) is 0 Å². The molecule has 0 aliphatic carbocycles. The van der Waals surface area contributed by atoms with Crippen LogP contribution in [0.4, 0.5) is 0 Å². The van der Waals surface area contributed by atoms with Crippen LogP contribution in [-0.2, 0) is 0 Å². The highest BCUT2D eigenvalue weighted by Gasteiger charge is 2.32. The van der Waals surface area contributed by atoms with Crippen molar-refractivity contribution in [1.82, 2.24) is 0 Å². The smallest absolute Gasteiger partial charge is 0.0211 e. The molecule has 0 saturated heterocycles. The molecule has 8 unspecified atom stereocenters. The Bertz CT molecular complexity index is 357.